The summed E-state index contributed by atoms with van der Waals surface area (Å²) < 4.78 is 0. The molecule has 0 bridgehead atoms. The van der Waals surface area contributed by atoms with Crippen LogP contribution in [0.25, 0.3) is 0 Å². The van der Waals surface area contributed by atoms with Crippen molar-refractivity contribution in [2.75, 3.05) is 11.4 Å². The third-order valence-corrected chi connectivity index (χ3v) is 5.02. The lowest BCUT2D eigenvalue weighted by atomic mass is 10.1. The number of nitrogens with zero attached hydrogens (tertiary/aromatic N) is 1. The van der Waals surface area contributed by atoms with Gasteiger partial charge in [0.05, 0.1) is 17.3 Å². The van der Waals surface area contributed by atoms with Crippen molar-refractivity contribution in [1.29, 1.82) is 0 Å². The molecule has 112 valence electrons. The van der Waals surface area contributed by atoms with Gasteiger partial charge in [-0.25, -0.2) is 0 Å². The highest BCUT2D eigenvalue weighted by Gasteiger charge is 2.21. The zero-order valence-electron chi connectivity index (χ0n) is 12.3. The van der Waals surface area contributed by atoms with Gasteiger partial charge in [0.15, 0.2) is 0 Å². The van der Waals surface area contributed by atoms with Gasteiger partial charge in [-0.2, -0.15) is 0 Å². The molecule has 1 aromatic heterocycles. The molecule has 1 fully saturated rings. The first-order valence-electron chi connectivity index (χ1n) is 7.56. The number of para-hydroxylation sites is 1. The monoisotopic (exact) mass is 320 g/mol. The van der Waals surface area contributed by atoms with Crippen molar-refractivity contribution < 1.29 is 0 Å². The lowest BCUT2D eigenvalue weighted by molar-refractivity contribution is 0.683. The number of hydrogen-bond acceptors (Lipinski definition) is 3. The van der Waals surface area contributed by atoms with Crippen LogP contribution in [-0.4, -0.2) is 12.6 Å². The third-order valence-electron chi connectivity index (χ3n) is 3.85. The quantitative estimate of drug-likeness (QED) is 0.797. The molecule has 0 saturated heterocycles. The summed E-state index contributed by atoms with van der Waals surface area (Å²) in [6.45, 7) is 4.98. The molecule has 1 aliphatic carbocycles. The molecule has 0 amide bonds. The lowest BCUT2D eigenvalue weighted by Gasteiger charge is -2.26. The number of hydrogen-bond donors (Lipinski definition) is 1. The van der Waals surface area contributed by atoms with E-state index in [0.717, 1.165) is 24.7 Å². The molecule has 0 unspecified atom stereocenters. The highest BCUT2D eigenvalue weighted by molar-refractivity contribution is 7.09. The second-order valence-corrected chi connectivity index (χ2v) is 6.94. The van der Waals surface area contributed by atoms with Crippen molar-refractivity contribution in [2.24, 2.45) is 0 Å². The normalized spacial score (nSPS) is 14.4. The fourth-order valence-electron chi connectivity index (χ4n) is 2.54. The van der Waals surface area contributed by atoms with Gasteiger partial charge >= 0.3 is 0 Å². The number of rotatable bonds is 7. The molecule has 1 aromatic carbocycles. The van der Waals surface area contributed by atoms with Crippen LogP contribution in [0.4, 0.5) is 5.69 Å². The van der Waals surface area contributed by atoms with Crippen molar-refractivity contribution in [3.05, 3.63) is 51.2 Å². The molecule has 0 spiro atoms. The Kier molecular flexibility index (Phi) is 4.84. The molecule has 0 radical (unpaired) electrons. The second kappa shape index (κ2) is 6.82. The van der Waals surface area contributed by atoms with Crippen LogP contribution in [0.2, 0.25) is 5.02 Å². The van der Waals surface area contributed by atoms with Gasteiger partial charge in [-0.1, -0.05) is 29.8 Å². The van der Waals surface area contributed by atoms with E-state index in [4.69, 9.17) is 11.6 Å². The van der Waals surface area contributed by atoms with E-state index in [1.54, 1.807) is 11.3 Å². The van der Waals surface area contributed by atoms with Gasteiger partial charge in [-0.3, -0.25) is 0 Å². The summed E-state index contributed by atoms with van der Waals surface area (Å²) in [4.78, 5) is 3.75. The lowest BCUT2D eigenvalue weighted by Crippen LogP contribution is -2.25. The van der Waals surface area contributed by atoms with E-state index in [1.807, 2.05) is 6.07 Å². The first kappa shape index (κ1) is 14.9. The van der Waals surface area contributed by atoms with Gasteiger partial charge in [0.2, 0.25) is 0 Å². The van der Waals surface area contributed by atoms with E-state index >= 15 is 0 Å². The predicted octanol–water partition coefficient (Wildman–Crippen LogP) is 4.68. The molecular weight excluding hydrogens is 300 g/mol. The van der Waals surface area contributed by atoms with Crippen LogP contribution in [0.1, 0.15) is 30.2 Å². The topological polar surface area (TPSA) is 15.3 Å². The third kappa shape index (κ3) is 3.79. The minimum absolute atomic E-state index is 0.712. The fourth-order valence-corrected chi connectivity index (χ4v) is 3.57. The number of anilines is 1. The Bertz CT molecular complexity index is 578. The number of halogens is 1. The molecule has 2 aromatic rings. The van der Waals surface area contributed by atoms with E-state index in [2.05, 4.69) is 46.8 Å². The maximum atomic E-state index is 6.51. The Balaban J connectivity index is 1.82. The molecule has 4 heteroatoms. The molecule has 1 N–H and O–H groups in total. The van der Waals surface area contributed by atoms with Crippen LogP contribution < -0.4 is 10.2 Å². The van der Waals surface area contributed by atoms with Gasteiger partial charge in [0.25, 0.3) is 0 Å². The molecule has 1 heterocycles. The van der Waals surface area contributed by atoms with Crippen molar-refractivity contribution >= 4 is 28.6 Å². The molecule has 3 rings (SSSR count). The van der Waals surface area contributed by atoms with Crippen molar-refractivity contribution in [3.63, 3.8) is 0 Å². The summed E-state index contributed by atoms with van der Waals surface area (Å²) in [7, 11) is 0. The molecule has 1 aliphatic rings. The number of nitrogens with one attached hydrogen (secondary N) is 1. The highest BCUT2D eigenvalue weighted by Crippen LogP contribution is 2.32. The van der Waals surface area contributed by atoms with Gasteiger partial charge < -0.3 is 10.2 Å². The highest BCUT2D eigenvalue weighted by atomic mass is 35.5. The Hall–Kier alpha value is -1.03. The zero-order valence-corrected chi connectivity index (χ0v) is 13.9. The van der Waals surface area contributed by atoms with Crippen LogP contribution in [-0.2, 0) is 13.1 Å². The molecule has 0 aliphatic heterocycles. The van der Waals surface area contributed by atoms with Crippen LogP contribution in [0.3, 0.4) is 0 Å². The van der Waals surface area contributed by atoms with E-state index in [1.165, 1.54) is 29.0 Å². The SMILES string of the molecule is CCN(Cc1cccs1)c1c(Cl)cccc1CNC1CC1. The fraction of sp³-hybridized carbons (Fsp3) is 0.412. The number of thiophene rings is 1. The number of benzene rings is 1. The van der Waals surface area contributed by atoms with Crippen LogP contribution in [0, 0.1) is 0 Å². The van der Waals surface area contributed by atoms with Gasteiger partial charge in [-0.15, -0.1) is 11.3 Å². The van der Waals surface area contributed by atoms with Crippen molar-refractivity contribution in [3.8, 4) is 0 Å². The molecule has 0 atom stereocenters. The van der Waals surface area contributed by atoms with Crippen molar-refractivity contribution in [2.45, 2.75) is 38.9 Å². The minimum atomic E-state index is 0.712. The van der Waals surface area contributed by atoms with Crippen molar-refractivity contribution in [1.82, 2.24) is 5.32 Å². The van der Waals surface area contributed by atoms with E-state index < -0.39 is 0 Å². The standard InChI is InChI=1S/C17H21ClN2S/c1-2-20(12-15-6-4-10-21-15)17-13(5-3-7-16(17)18)11-19-14-8-9-14/h3-7,10,14,19H,2,8-9,11-12H2,1H3. The summed E-state index contributed by atoms with van der Waals surface area (Å²) in [5.41, 5.74) is 2.48. The smallest absolute Gasteiger partial charge is 0.0643 e. The molecule has 1 saturated carbocycles. The summed E-state index contributed by atoms with van der Waals surface area (Å²) in [5.74, 6) is 0. The molecule has 2 nitrogen and oxygen atoms in total. The van der Waals surface area contributed by atoms with Gasteiger partial charge in [-0.05, 0) is 42.8 Å². The van der Waals surface area contributed by atoms with Crippen LogP contribution in [0.15, 0.2) is 35.7 Å². The van der Waals surface area contributed by atoms with E-state index in [9.17, 15) is 0 Å². The first-order valence-corrected chi connectivity index (χ1v) is 8.81. The average molecular weight is 321 g/mol. The van der Waals surface area contributed by atoms with Crippen LogP contribution in [0.5, 0.6) is 0 Å². The van der Waals surface area contributed by atoms with Gasteiger partial charge in [0.1, 0.15) is 0 Å². The van der Waals surface area contributed by atoms with E-state index in [0.29, 0.717) is 6.04 Å². The average Bonchev–Trinajstić information content (AvgIpc) is 3.18. The largest absolute Gasteiger partial charge is 0.365 e. The van der Waals surface area contributed by atoms with Gasteiger partial charge in [0, 0.05) is 24.0 Å². The first-order chi connectivity index (χ1) is 10.3. The molecular formula is C17H21ClN2S. The van der Waals surface area contributed by atoms with Crippen LogP contribution >= 0.6 is 22.9 Å². The summed E-state index contributed by atoms with van der Waals surface area (Å²) >= 11 is 8.31. The zero-order chi connectivity index (χ0) is 14.7. The van der Waals surface area contributed by atoms with E-state index in [-0.39, 0.29) is 0 Å². The minimum Gasteiger partial charge on any atom is -0.365 e. The predicted molar refractivity (Wildman–Crippen MR) is 92.4 cm³/mol. The Morgan fingerprint density at radius 2 is 2.14 bits per heavy atom. The summed E-state index contributed by atoms with van der Waals surface area (Å²) in [6, 6.07) is 11.2. The summed E-state index contributed by atoms with van der Waals surface area (Å²) in [5, 5.41) is 6.58. The Morgan fingerprint density at radius 3 is 2.81 bits per heavy atom. The Morgan fingerprint density at radius 1 is 1.29 bits per heavy atom. The summed E-state index contributed by atoms with van der Waals surface area (Å²) in [6.07, 6.45) is 2.62. The maximum Gasteiger partial charge on any atom is 0.0643 e. The second-order valence-electron chi connectivity index (χ2n) is 5.50. The Labute approximate surface area is 135 Å². The molecule has 21 heavy (non-hydrogen) atoms. The maximum absolute atomic E-state index is 6.51.